The Bertz CT molecular complexity index is 850. The zero-order valence-corrected chi connectivity index (χ0v) is 20.7. The van der Waals surface area contributed by atoms with Crippen molar-refractivity contribution < 1.29 is 24.3 Å². The van der Waals surface area contributed by atoms with Crippen molar-refractivity contribution in [3.63, 3.8) is 0 Å². The van der Waals surface area contributed by atoms with Crippen LogP contribution >= 0.6 is 0 Å². The molecule has 3 amide bonds. The van der Waals surface area contributed by atoms with Gasteiger partial charge in [0.2, 0.25) is 17.7 Å². The first-order valence-corrected chi connectivity index (χ1v) is 12.6. The highest BCUT2D eigenvalue weighted by Crippen LogP contribution is 2.19. The molecule has 1 saturated heterocycles. The number of aromatic amines is 1. The van der Waals surface area contributed by atoms with Crippen LogP contribution in [0.4, 0.5) is 0 Å². The minimum absolute atomic E-state index is 0.0927. The van der Waals surface area contributed by atoms with Crippen molar-refractivity contribution in [1.82, 2.24) is 25.5 Å². The van der Waals surface area contributed by atoms with Gasteiger partial charge in [-0.05, 0) is 58.0 Å². The fourth-order valence-electron chi connectivity index (χ4n) is 4.26. The van der Waals surface area contributed by atoms with E-state index in [1.165, 1.54) is 17.4 Å². The van der Waals surface area contributed by atoms with E-state index in [0.29, 0.717) is 70.3 Å². The minimum atomic E-state index is -1.08. The summed E-state index contributed by atoms with van der Waals surface area (Å²) in [5, 5.41) is 15.0. The van der Waals surface area contributed by atoms with Crippen molar-refractivity contribution in [2.24, 2.45) is 17.2 Å². The lowest BCUT2D eigenvalue weighted by atomic mass is 10.0. The number of aromatic nitrogens is 2. The topological polar surface area (TPSA) is 223 Å². The fraction of sp³-hybridized carbons (Fsp3) is 0.696. The number of hydrogen-bond donors (Lipinski definition) is 7. The maximum atomic E-state index is 13.4. The lowest BCUT2D eigenvalue weighted by molar-refractivity contribution is -0.149. The molecule has 1 aromatic rings. The first-order valence-electron chi connectivity index (χ1n) is 12.6. The summed E-state index contributed by atoms with van der Waals surface area (Å²) in [6.07, 6.45) is 7.43. The summed E-state index contributed by atoms with van der Waals surface area (Å²) < 4.78 is 0. The molecule has 4 atom stereocenters. The molecule has 0 bridgehead atoms. The smallest absolute Gasteiger partial charge is 0.326 e. The van der Waals surface area contributed by atoms with Gasteiger partial charge in [-0.2, -0.15) is 0 Å². The Morgan fingerprint density at radius 2 is 1.72 bits per heavy atom. The molecule has 0 radical (unpaired) electrons. The number of hydrogen-bond acceptors (Lipinski definition) is 8. The zero-order valence-electron chi connectivity index (χ0n) is 20.7. The third-order valence-electron chi connectivity index (χ3n) is 6.30. The summed E-state index contributed by atoms with van der Waals surface area (Å²) in [4.78, 5) is 59.1. The molecule has 0 aromatic carbocycles. The summed E-state index contributed by atoms with van der Waals surface area (Å²) in [7, 11) is 0. The number of imidazole rings is 1. The fourth-order valence-corrected chi connectivity index (χ4v) is 4.26. The molecule has 36 heavy (non-hydrogen) atoms. The highest BCUT2D eigenvalue weighted by Gasteiger charge is 2.38. The van der Waals surface area contributed by atoms with Crippen LogP contribution in [0.2, 0.25) is 0 Å². The van der Waals surface area contributed by atoms with E-state index in [1.807, 2.05) is 0 Å². The van der Waals surface area contributed by atoms with Gasteiger partial charge in [-0.1, -0.05) is 6.42 Å². The number of unbranched alkanes of at least 4 members (excludes halogenated alkanes) is 2. The third kappa shape index (κ3) is 8.88. The van der Waals surface area contributed by atoms with Gasteiger partial charge in [0.05, 0.1) is 12.4 Å². The number of carbonyl (C=O) groups excluding carboxylic acids is 3. The highest BCUT2D eigenvalue weighted by molar-refractivity contribution is 5.94. The predicted molar refractivity (Wildman–Crippen MR) is 132 cm³/mol. The summed E-state index contributed by atoms with van der Waals surface area (Å²) in [5.74, 6) is -2.57. The number of carbonyl (C=O) groups is 4. The number of aliphatic carboxylic acids is 1. The lowest BCUT2D eigenvalue weighted by Gasteiger charge is -2.29. The molecule has 4 unspecified atom stereocenters. The molecule has 1 aliphatic heterocycles. The molecule has 13 nitrogen and oxygen atoms in total. The van der Waals surface area contributed by atoms with Crippen LogP contribution in [0.25, 0.3) is 0 Å². The van der Waals surface area contributed by atoms with Crippen LogP contribution in [-0.4, -0.2) is 87.5 Å². The van der Waals surface area contributed by atoms with Gasteiger partial charge in [0.25, 0.3) is 0 Å². The van der Waals surface area contributed by atoms with Crippen LogP contribution in [0.1, 0.15) is 57.1 Å². The molecule has 2 rings (SSSR count). The number of nitrogens with zero attached hydrogens (tertiary/aromatic N) is 2. The molecule has 0 aliphatic carbocycles. The Morgan fingerprint density at radius 1 is 1.06 bits per heavy atom. The molecule has 202 valence electrons. The van der Waals surface area contributed by atoms with Gasteiger partial charge in [-0.15, -0.1) is 0 Å². The second kappa shape index (κ2) is 15.2. The van der Waals surface area contributed by atoms with E-state index in [0.717, 1.165) is 6.42 Å². The Morgan fingerprint density at radius 3 is 2.33 bits per heavy atom. The van der Waals surface area contributed by atoms with Crippen LogP contribution in [0.5, 0.6) is 0 Å². The minimum Gasteiger partial charge on any atom is -0.480 e. The maximum absolute atomic E-state index is 13.4. The summed E-state index contributed by atoms with van der Waals surface area (Å²) >= 11 is 0. The highest BCUT2D eigenvalue weighted by atomic mass is 16.4. The number of likely N-dealkylation sites (tertiary alicyclic amines) is 1. The molecule has 1 aliphatic rings. The lowest BCUT2D eigenvalue weighted by Crippen LogP contribution is -2.57. The molecule has 13 heteroatoms. The van der Waals surface area contributed by atoms with Crippen molar-refractivity contribution >= 4 is 23.7 Å². The molecule has 0 saturated carbocycles. The number of nitrogens with two attached hydrogens (primary N) is 3. The van der Waals surface area contributed by atoms with Gasteiger partial charge in [0, 0.05) is 24.9 Å². The van der Waals surface area contributed by atoms with E-state index in [-0.39, 0.29) is 6.42 Å². The first kappa shape index (κ1) is 29.2. The Hall–Kier alpha value is -3.03. The summed E-state index contributed by atoms with van der Waals surface area (Å²) in [5.41, 5.74) is 17.7. The number of amides is 3. The van der Waals surface area contributed by atoms with Gasteiger partial charge in [-0.25, -0.2) is 9.78 Å². The van der Waals surface area contributed by atoms with Crippen LogP contribution in [0, 0.1) is 0 Å². The molecule has 0 spiro atoms. The number of nitrogens with one attached hydrogen (secondary N) is 3. The quantitative estimate of drug-likeness (QED) is 0.130. The third-order valence-corrected chi connectivity index (χ3v) is 6.30. The molecular weight excluding hydrogens is 468 g/mol. The van der Waals surface area contributed by atoms with Gasteiger partial charge >= 0.3 is 5.97 Å². The van der Waals surface area contributed by atoms with Gasteiger partial charge < -0.3 is 42.8 Å². The van der Waals surface area contributed by atoms with Gasteiger partial charge in [0.15, 0.2) is 0 Å². The van der Waals surface area contributed by atoms with Crippen molar-refractivity contribution in [2.75, 3.05) is 19.6 Å². The molecule has 1 aromatic heterocycles. The normalized spacial score (nSPS) is 17.9. The second-order valence-corrected chi connectivity index (χ2v) is 9.11. The standard InChI is InChI=1S/C23H40N8O5/c24-9-3-1-6-16(26)20(32)29-17(7-2-4-10-25)21(33)30-18(12-15-13-27-14-28-15)22(34)31-11-5-8-19(31)23(35)36/h13-14,16-19H,1-12,24-26H2,(H,27,28)(H,29,32)(H,30,33)(H,35,36). The number of carboxylic acids is 1. The Kier molecular flexibility index (Phi) is 12.3. The van der Waals surface area contributed by atoms with Crippen LogP contribution in [0.15, 0.2) is 12.5 Å². The van der Waals surface area contributed by atoms with Crippen LogP contribution in [0.3, 0.4) is 0 Å². The average Bonchev–Trinajstić information content (AvgIpc) is 3.55. The largest absolute Gasteiger partial charge is 0.480 e. The van der Waals surface area contributed by atoms with Crippen LogP contribution < -0.4 is 27.8 Å². The molecule has 10 N–H and O–H groups in total. The first-order chi connectivity index (χ1) is 17.3. The van der Waals surface area contributed by atoms with E-state index >= 15 is 0 Å². The number of rotatable bonds is 16. The van der Waals surface area contributed by atoms with E-state index in [2.05, 4.69) is 20.6 Å². The zero-order chi connectivity index (χ0) is 26.5. The maximum Gasteiger partial charge on any atom is 0.326 e. The Labute approximate surface area is 210 Å². The second-order valence-electron chi connectivity index (χ2n) is 9.11. The van der Waals surface area contributed by atoms with Gasteiger partial charge in [0.1, 0.15) is 18.1 Å². The number of carboxylic acid groups (broad SMARTS) is 1. The van der Waals surface area contributed by atoms with E-state index in [9.17, 15) is 24.3 Å². The van der Waals surface area contributed by atoms with E-state index < -0.39 is 47.9 Å². The number of H-pyrrole nitrogens is 1. The summed E-state index contributed by atoms with van der Waals surface area (Å²) in [6, 6.07) is -3.68. The van der Waals surface area contributed by atoms with Crippen molar-refractivity contribution in [2.45, 2.75) is 82.0 Å². The SMILES string of the molecule is NCCCCC(N)C(=O)NC(CCCCN)C(=O)NC(Cc1cnc[nH]1)C(=O)N1CCCC1C(=O)O. The average molecular weight is 509 g/mol. The van der Waals surface area contributed by atoms with Crippen molar-refractivity contribution in [3.8, 4) is 0 Å². The van der Waals surface area contributed by atoms with Gasteiger partial charge in [-0.3, -0.25) is 14.4 Å². The Balaban J connectivity index is 2.15. The summed E-state index contributed by atoms with van der Waals surface area (Å²) in [6.45, 7) is 1.23. The van der Waals surface area contributed by atoms with Crippen LogP contribution in [-0.2, 0) is 25.6 Å². The molecule has 2 heterocycles. The van der Waals surface area contributed by atoms with Crippen molar-refractivity contribution in [3.05, 3.63) is 18.2 Å². The van der Waals surface area contributed by atoms with E-state index in [1.54, 1.807) is 0 Å². The predicted octanol–water partition coefficient (Wildman–Crippen LogP) is -1.42. The van der Waals surface area contributed by atoms with E-state index in [4.69, 9.17) is 17.2 Å². The molecular formula is C23H40N8O5. The van der Waals surface area contributed by atoms with Crippen molar-refractivity contribution in [1.29, 1.82) is 0 Å². The monoisotopic (exact) mass is 508 g/mol. The molecule has 1 fully saturated rings.